The summed E-state index contributed by atoms with van der Waals surface area (Å²) in [6.45, 7) is 0. The molecular weight excluding hydrogens is 514 g/mol. The highest BCUT2D eigenvalue weighted by Crippen LogP contribution is 2.27. The van der Waals surface area contributed by atoms with E-state index in [4.69, 9.17) is 21.0 Å². The van der Waals surface area contributed by atoms with Crippen LogP contribution in [0.3, 0.4) is 0 Å². The van der Waals surface area contributed by atoms with E-state index >= 15 is 0 Å². The summed E-state index contributed by atoms with van der Waals surface area (Å²) >= 11 is 9.55. The van der Waals surface area contributed by atoms with E-state index in [1.54, 1.807) is 6.07 Å². The smallest absolute Gasteiger partial charge is 0.287 e. The van der Waals surface area contributed by atoms with Crippen molar-refractivity contribution in [2.45, 2.75) is 12.5 Å². The van der Waals surface area contributed by atoms with E-state index in [0.717, 1.165) is 32.5 Å². The third-order valence-corrected chi connectivity index (χ3v) is 6.56. The lowest BCUT2D eigenvalue weighted by Crippen LogP contribution is -2.31. The average molecular weight is 535 g/mol. The summed E-state index contributed by atoms with van der Waals surface area (Å²) in [7, 11) is 1.96. The fraction of sp³-hybridized carbons (Fsp3) is 0.111. The fourth-order valence-corrected chi connectivity index (χ4v) is 4.41. The van der Waals surface area contributed by atoms with E-state index in [9.17, 15) is 4.79 Å². The maximum absolute atomic E-state index is 13.2. The molecule has 0 aliphatic heterocycles. The molecule has 0 fully saturated rings. The standard InChI is InChI=1S/C27H21BrClN3O2/c1-32-23(18-8-10-20(28)11-9-18)16-30-26(32)22(14-17-6-12-21(29)13-7-17)31-27(33)25-15-19-4-2-3-5-24(19)34-25/h2-13,15-16,22H,14H2,1H3,(H,31,33). The molecule has 2 heterocycles. The number of amides is 1. The molecule has 0 bridgehead atoms. The first kappa shape index (κ1) is 22.4. The molecule has 34 heavy (non-hydrogen) atoms. The number of benzene rings is 3. The van der Waals surface area contributed by atoms with Gasteiger partial charge in [0.2, 0.25) is 0 Å². The number of rotatable bonds is 6. The normalized spacial score (nSPS) is 12.1. The van der Waals surface area contributed by atoms with Crippen molar-refractivity contribution in [3.8, 4) is 11.3 Å². The number of hydrogen-bond donors (Lipinski definition) is 1. The number of halogens is 2. The van der Waals surface area contributed by atoms with E-state index in [-0.39, 0.29) is 17.7 Å². The quantitative estimate of drug-likeness (QED) is 0.256. The topological polar surface area (TPSA) is 60.1 Å². The summed E-state index contributed by atoms with van der Waals surface area (Å²) in [4.78, 5) is 17.9. The van der Waals surface area contributed by atoms with Crippen LogP contribution in [0.1, 0.15) is 28.0 Å². The third kappa shape index (κ3) is 4.65. The van der Waals surface area contributed by atoms with E-state index in [0.29, 0.717) is 17.0 Å². The summed E-state index contributed by atoms with van der Waals surface area (Å²) in [5.41, 5.74) is 3.71. The van der Waals surface area contributed by atoms with Crippen LogP contribution in [0.2, 0.25) is 5.02 Å². The Morgan fingerprint density at radius 2 is 1.82 bits per heavy atom. The SMILES string of the molecule is Cn1c(-c2ccc(Br)cc2)cnc1C(Cc1ccc(Cl)cc1)NC(=O)c1cc2ccccc2o1. The Morgan fingerprint density at radius 1 is 1.09 bits per heavy atom. The molecular formula is C27H21BrClN3O2. The van der Waals surface area contributed by atoms with Gasteiger partial charge in [0.05, 0.1) is 17.9 Å². The number of carbonyl (C=O) groups excluding carboxylic acids is 1. The first-order valence-corrected chi connectivity index (χ1v) is 12.0. The number of aromatic nitrogens is 2. The van der Waals surface area contributed by atoms with E-state index in [1.807, 2.05) is 90.6 Å². The van der Waals surface area contributed by atoms with Gasteiger partial charge in [0.15, 0.2) is 5.76 Å². The van der Waals surface area contributed by atoms with Crippen LogP contribution in [-0.4, -0.2) is 15.5 Å². The fourth-order valence-electron chi connectivity index (χ4n) is 4.02. The molecule has 5 nitrogen and oxygen atoms in total. The first-order valence-electron chi connectivity index (χ1n) is 10.8. The van der Waals surface area contributed by atoms with Crippen molar-refractivity contribution in [2.24, 2.45) is 7.05 Å². The average Bonchev–Trinajstić information content (AvgIpc) is 3.44. The lowest BCUT2D eigenvalue weighted by molar-refractivity contribution is 0.0908. The highest BCUT2D eigenvalue weighted by molar-refractivity contribution is 9.10. The van der Waals surface area contributed by atoms with Crippen LogP contribution in [0.15, 0.2) is 93.9 Å². The molecule has 7 heteroatoms. The molecule has 5 aromatic rings. The van der Waals surface area contributed by atoms with Gasteiger partial charge >= 0.3 is 0 Å². The number of fused-ring (bicyclic) bond motifs is 1. The van der Waals surface area contributed by atoms with E-state index in [2.05, 4.69) is 21.2 Å². The highest BCUT2D eigenvalue weighted by atomic mass is 79.9. The minimum Gasteiger partial charge on any atom is -0.451 e. The highest BCUT2D eigenvalue weighted by Gasteiger charge is 2.24. The van der Waals surface area contributed by atoms with Crippen molar-refractivity contribution in [1.82, 2.24) is 14.9 Å². The second-order valence-corrected chi connectivity index (χ2v) is 9.42. The third-order valence-electron chi connectivity index (χ3n) is 5.78. The number of furan rings is 1. The van der Waals surface area contributed by atoms with Crippen molar-refractivity contribution in [3.63, 3.8) is 0 Å². The molecule has 3 aromatic carbocycles. The van der Waals surface area contributed by atoms with Crippen molar-refractivity contribution in [3.05, 3.63) is 112 Å². The van der Waals surface area contributed by atoms with Crippen LogP contribution >= 0.6 is 27.5 Å². The molecule has 0 aliphatic carbocycles. The zero-order valence-corrected chi connectivity index (χ0v) is 20.7. The Kier molecular flexibility index (Phi) is 6.26. The molecule has 0 saturated heterocycles. The van der Waals surface area contributed by atoms with Crippen LogP contribution in [-0.2, 0) is 13.5 Å². The molecule has 1 atom stereocenters. The van der Waals surface area contributed by atoms with Gasteiger partial charge in [-0.15, -0.1) is 0 Å². The molecule has 0 radical (unpaired) electrons. The van der Waals surface area contributed by atoms with Gasteiger partial charge in [-0.3, -0.25) is 4.79 Å². The summed E-state index contributed by atoms with van der Waals surface area (Å²) in [6, 6.07) is 24.6. The van der Waals surface area contributed by atoms with Crippen molar-refractivity contribution < 1.29 is 9.21 Å². The number of hydrogen-bond acceptors (Lipinski definition) is 3. The number of carbonyl (C=O) groups is 1. The van der Waals surface area contributed by atoms with Crippen LogP contribution < -0.4 is 5.32 Å². The van der Waals surface area contributed by atoms with Gasteiger partial charge in [0.1, 0.15) is 11.4 Å². The Bertz CT molecular complexity index is 1420. The molecule has 170 valence electrons. The predicted molar refractivity (Wildman–Crippen MR) is 138 cm³/mol. The lowest BCUT2D eigenvalue weighted by atomic mass is 10.0. The van der Waals surface area contributed by atoms with Crippen LogP contribution in [0, 0.1) is 0 Å². The first-order chi connectivity index (χ1) is 16.5. The number of nitrogens with one attached hydrogen (secondary N) is 1. The van der Waals surface area contributed by atoms with Gasteiger partial charge in [0.25, 0.3) is 5.91 Å². The molecule has 1 N–H and O–H groups in total. The van der Waals surface area contributed by atoms with Gasteiger partial charge in [-0.2, -0.15) is 0 Å². The molecule has 2 aromatic heterocycles. The second-order valence-electron chi connectivity index (χ2n) is 8.07. The lowest BCUT2D eigenvalue weighted by Gasteiger charge is -2.19. The van der Waals surface area contributed by atoms with Gasteiger partial charge in [-0.25, -0.2) is 4.98 Å². The Balaban J connectivity index is 1.48. The number of nitrogens with zero attached hydrogens (tertiary/aromatic N) is 2. The number of imidazole rings is 1. The zero-order valence-electron chi connectivity index (χ0n) is 18.3. The Hall–Kier alpha value is -3.35. The largest absolute Gasteiger partial charge is 0.451 e. The van der Waals surface area contributed by atoms with E-state index < -0.39 is 0 Å². The Morgan fingerprint density at radius 3 is 2.56 bits per heavy atom. The van der Waals surface area contributed by atoms with Crippen LogP contribution in [0.4, 0.5) is 0 Å². The van der Waals surface area contributed by atoms with Gasteiger partial charge < -0.3 is 14.3 Å². The molecule has 0 aliphatic rings. The Labute approximate surface area is 210 Å². The second kappa shape index (κ2) is 9.49. The van der Waals surface area contributed by atoms with Crippen molar-refractivity contribution in [1.29, 1.82) is 0 Å². The van der Waals surface area contributed by atoms with Gasteiger partial charge in [-0.1, -0.05) is 70.0 Å². The van der Waals surface area contributed by atoms with Crippen LogP contribution in [0.5, 0.6) is 0 Å². The predicted octanol–water partition coefficient (Wildman–Crippen LogP) is 6.96. The molecule has 1 amide bonds. The monoisotopic (exact) mass is 533 g/mol. The summed E-state index contributed by atoms with van der Waals surface area (Å²) in [6.07, 6.45) is 2.38. The van der Waals surface area contributed by atoms with Crippen LogP contribution in [0.25, 0.3) is 22.2 Å². The molecule has 1 unspecified atom stereocenters. The molecule has 0 spiro atoms. The molecule has 5 rings (SSSR count). The minimum absolute atomic E-state index is 0.268. The van der Waals surface area contributed by atoms with Crippen molar-refractivity contribution >= 4 is 44.4 Å². The minimum atomic E-state index is -0.379. The maximum atomic E-state index is 13.2. The summed E-state index contributed by atoms with van der Waals surface area (Å²) in [5, 5.41) is 4.69. The number of para-hydroxylation sites is 1. The zero-order chi connectivity index (χ0) is 23.7. The van der Waals surface area contributed by atoms with Crippen molar-refractivity contribution in [2.75, 3.05) is 0 Å². The van der Waals surface area contributed by atoms with Gasteiger partial charge in [0, 0.05) is 21.9 Å². The van der Waals surface area contributed by atoms with E-state index in [1.165, 1.54) is 0 Å². The van der Waals surface area contributed by atoms with Gasteiger partial charge in [-0.05, 0) is 53.9 Å². The summed E-state index contributed by atoms with van der Waals surface area (Å²) in [5.74, 6) is 0.727. The summed E-state index contributed by atoms with van der Waals surface area (Å²) < 4.78 is 8.82. The molecule has 0 saturated carbocycles. The maximum Gasteiger partial charge on any atom is 0.287 e.